The molecule has 128 valence electrons. The summed E-state index contributed by atoms with van der Waals surface area (Å²) < 4.78 is 44.8. The van der Waals surface area contributed by atoms with Crippen LogP contribution in [0.4, 0.5) is 13.2 Å². The summed E-state index contributed by atoms with van der Waals surface area (Å²) in [7, 11) is 1.42. The standard InChI is InChI=1S/C18H13F3N2O2/c1-25-12-7-8-15(24)13(9-12)14-10-16(18(19,20)21)23-17(22-14)11-5-3-2-4-6-11/h2-10,24H,1H3. The molecule has 2 aromatic carbocycles. The lowest BCUT2D eigenvalue weighted by Gasteiger charge is -2.12. The van der Waals surface area contributed by atoms with Crippen molar-refractivity contribution in [2.75, 3.05) is 7.11 Å². The Kier molecular flexibility index (Phi) is 4.31. The smallest absolute Gasteiger partial charge is 0.433 e. The maximum atomic E-state index is 13.2. The van der Waals surface area contributed by atoms with Crippen molar-refractivity contribution in [3.8, 4) is 34.1 Å². The predicted molar refractivity (Wildman–Crippen MR) is 86.1 cm³/mol. The van der Waals surface area contributed by atoms with E-state index in [2.05, 4.69) is 9.97 Å². The van der Waals surface area contributed by atoms with Crippen LogP contribution in [-0.2, 0) is 6.18 Å². The molecule has 3 aromatic rings. The van der Waals surface area contributed by atoms with E-state index in [4.69, 9.17) is 4.74 Å². The predicted octanol–water partition coefficient (Wildman–Crippen LogP) is 4.54. The number of rotatable bonds is 3. The van der Waals surface area contributed by atoms with Gasteiger partial charge in [-0.05, 0) is 24.3 Å². The van der Waals surface area contributed by atoms with Crippen LogP contribution in [-0.4, -0.2) is 22.2 Å². The summed E-state index contributed by atoms with van der Waals surface area (Å²) in [4.78, 5) is 7.82. The van der Waals surface area contributed by atoms with Gasteiger partial charge in [0.15, 0.2) is 5.82 Å². The van der Waals surface area contributed by atoms with Gasteiger partial charge in [0.1, 0.15) is 17.2 Å². The van der Waals surface area contributed by atoms with E-state index in [9.17, 15) is 18.3 Å². The van der Waals surface area contributed by atoms with Crippen LogP contribution in [0.1, 0.15) is 5.69 Å². The second-order valence-electron chi connectivity index (χ2n) is 5.21. The third kappa shape index (κ3) is 3.55. The highest BCUT2D eigenvalue weighted by atomic mass is 19.4. The first-order valence-corrected chi connectivity index (χ1v) is 7.27. The highest BCUT2D eigenvalue weighted by Gasteiger charge is 2.34. The topological polar surface area (TPSA) is 55.2 Å². The van der Waals surface area contributed by atoms with E-state index in [-0.39, 0.29) is 22.8 Å². The van der Waals surface area contributed by atoms with E-state index in [1.165, 1.54) is 25.3 Å². The molecule has 0 amide bonds. The van der Waals surface area contributed by atoms with Crippen molar-refractivity contribution in [2.45, 2.75) is 6.18 Å². The van der Waals surface area contributed by atoms with Crippen LogP contribution < -0.4 is 4.74 Å². The van der Waals surface area contributed by atoms with Crippen molar-refractivity contribution in [1.29, 1.82) is 0 Å². The molecule has 0 radical (unpaired) electrons. The molecular formula is C18H13F3N2O2. The number of aromatic nitrogens is 2. The molecule has 0 saturated heterocycles. The third-order valence-electron chi connectivity index (χ3n) is 3.53. The van der Waals surface area contributed by atoms with Crippen LogP contribution in [0.5, 0.6) is 11.5 Å². The summed E-state index contributed by atoms with van der Waals surface area (Å²) in [6, 6.07) is 13.4. The van der Waals surface area contributed by atoms with Gasteiger partial charge in [0.05, 0.1) is 12.8 Å². The Morgan fingerprint density at radius 3 is 2.32 bits per heavy atom. The molecule has 0 aliphatic carbocycles. The second-order valence-corrected chi connectivity index (χ2v) is 5.21. The lowest BCUT2D eigenvalue weighted by molar-refractivity contribution is -0.141. The molecular weight excluding hydrogens is 333 g/mol. The number of methoxy groups -OCH3 is 1. The van der Waals surface area contributed by atoms with E-state index in [1.807, 2.05) is 0 Å². The molecule has 1 N–H and O–H groups in total. The SMILES string of the molecule is COc1ccc(O)c(-c2cc(C(F)(F)F)nc(-c3ccccc3)n2)c1. The molecule has 0 atom stereocenters. The molecule has 7 heteroatoms. The minimum absolute atomic E-state index is 0.0439. The molecule has 0 spiro atoms. The number of nitrogens with zero attached hydrogens (tertiary/aromatic N) is 2. The summed E-state index contributed by atoms with van der Waals surface area (Å²) in [5.41, 5.74) is -0.558. The molecule has 0 saturated carbocycles. The van der Waals surface area contributed by atoms with E-state index in [1.54, 1.807) is 30.3 Å². The fraction of sp³-hybridized carbons (Fsp3) is 0.111. The quantitative estimate of drug-likeness (QED) is 0.756. The zero-order valence-electron chi connectivity index (χ0n) is 13.1. The van der Waals surface area contributed by atoms with Gasteiger partial charge in [-0.1, -0.05) is 30.3 Å². The number of ether oxygens (including phenoxy) is 1. The summed E-state index contributed by atoms with van der Waals surface area (Å²) in [6.07, 6.45) is -4.64. The van der Waals surface area contributed by atoms with Crippen molar-refractivity contribution in [2.24, 2.45) is 0 Å². The van der Waals surface area contributed by atoms with E-state index >= 15 is 0 Å². The molecule has 1 heterocycles. The van der Waals surface area contributed by atoms with Crippen LogP contribution in [0, 0.1) is 0 Å². The molecule has 4 nitrogen and oxygen atoms in total. The first-order chi connectivity index (χ1) is 11.9. The van der Waals surface area contributed by atoms with Gasteiger partial charge in [-0.2, -0.15) is 13.2 Å². The second kappa shape index (κ2) is 6.43. The molecule has 0 bridgehead atoms. The number of halogens is 3. The zero-order chi connectivity index (χ0) is 18.0. The molecule has 0 aliphatic heterocycles. The number of hydrogen-bond acceptors (Lipinski definition) is 4. The Labute approximate surface area is 141 Å². The Hall–Kier alpha value is -3.09. The van der Waals surface area contributed by atoms with E-state index in [0.29, 0.717) is 11.3 Å². The van der Waals surface area contributed by atoms with E-state index in [0.717, 1.165) is 6.07 Å². The largest absolute Gasteiger partial charge is 0.507 e. The van der Waals surface area contributed by atoms with Crippen molar-refractivity contribution in [1.82, 2.24) is 9.97 Å². The maximum Gasteiger partial charge on any atom is 0.433 e. The normalized spacial score (nSPS) is 11.4. The number of phenols is 1. The summed E-state index contributed by atoms with van der Waals surface area (Å²) in [5, 5.41) is 10.0. The highest BCUT2D eigenvalue weighted by Crippen LogP contribution is 2.36. The van der Waals surface area contributed by atoms with Crippen molar-refractivity contribution in [3.63, 3.8) is 0 Å². The van der Waals surface area contributed by atoms with Gasteiger partial charge < -0.3 is 9.84 Å². The Bertz CT molecular complexity index is 897. The lowest BCUT2D eigenvalue weighted by atomic mass is 10.1. The summed E-state index contributed by atoms with van der Waals surface area (Å²) >= 11 is 0. The number of phenolic OH excluding ortho intramolecular Hbond substituents is 1. The first-order valence-electron chi connectivity index (χ1n) is 7.27. The minimum Gasteiger partial charge on any atom is -0.507 e. The number of hydrogen-bond donors (Lipinski definition) is 1. The van der Waals surface area contributed by atoms with E-state index < -0.39 is 11.9 Å². The summed E-state index contributed by atoms with van der Waals surface area (Å²) in [6.45, 7) is 0. The van der Waals surface area contributed by atoms with Gasteiger partial charge in [0, 0.05) is 11.1 Å². The van der Waals surface area contributed by atoms with Crippen LogP contribution >= 0.6 is 0 Å². The van der Waals surface area contributed by atoms with Crippen LogP contribution in [0.3, 0.4) is 0 Å². The van der Waals surface area contributed by atoms with Crippen molar-refractivity contribution in [3.05, 3.63) is 60.3 Å². The number of benzene rings is 2. The van der Waals surface area contributed by atoms with Crippen molar-refractivity contribution < 1.29 is 23.0 Å². The monoisotopic (exact) mass is 346 g/mol. The van der Waals surface area contributed by atoms with Crippen LogP contribution in [0.25, 0.3) is 22.6 Å². The number of alkyl halides is 3. The first kappa shape index (κ1) is 16.8. The Morgan fingerprint density at radius 2 is 1.68 bits per heavy atom. The number of aromatic hydroxyl groups is 1. The average Bonchev–Trinajstić information content (AvgIpc) is 2.62. The molecule has 25 heavy (non-hydrogen) atoms. The van der Waals surface area contributed by atoms with Crippen molar-refractivity contribution >= 4 is 0 Å². The minimum atomic E-state index is -4.64. The van der Waals surface area contributed by atoms with Crippen LogP contribution in [0.15, 0.2) is 54.6 Å². The molecule has 0 aliphatic rings. The average molecular weight is 346 g/mol. The van der Waals surface area contributed by atoms with Gasteiger partial charge in [0.25, 0.3) is 0 Å². The highest BCUT2D eigenvalue weighted by molar-refractivity contribution is 5.71. The Morgan fingerprint density at radius 1 is 0.960 bits per heavy atom. The van der Waals surface area contributed by atoms with Gasteiger partial charge in [-0.15, -0.1) is 0 Å². The lowest BCUT2D eigenvalue weighted by Crippen LogP contribution is -2.10. The van der Waals surface area contributed by atoms with Gasteiger partial charge in [-0.25, -0.2) is 9.97 Å². The molecule has 1 aromatic heterocycles. The fourth-order valence-corrected chi connectivity index (χ4v) is 2.29. The van der Waals surface area contributed by atoms with Gasteiger partial charge >= 0.3 is 6.18 Å². The van der Waals surface area contributed by atoms with Crippen LogP contribution in [0.2, 0.25) is 0 Å². The zero-order valence-corrected chi connectivity index (χ0v) is 13.1. The van der Waals surface area contributed by atoms with Gasteiger partial charge in [-0.3, -0.25) is 0 Å². The Balaban J connectivity index is 2.23. The fourth-order valence-electron chi connectivity index (χ4n) is 2.29. The third-order valence-corrected chi connectivity index (χ3v) is 3.53. The maximum absolute atomic E-state index is 13.2. The molecule has 3 rings (SSSR count). The summed E-state index contributed by atoms with van der Waals surface area (Å²) in [5.74, 6) is 0.112. The molecule has 0 unspecified atom stereocenters. The van der Waals surface area contributed by atoms with Gasteiger partial charge in [0.2, 0.25) is 0 Å². The molecule has 0 fully saturated rings.